The summed E-state index contributed by atoms with van der Waals surface area (Å²) < 4.78 is 5.21. The Morgan fingerprint density at radius 1 is 0.944 bits per heavy atom. The highest BCUT2D eigenvalue weighted by Crippen LogP contribution is 2.65. The highest BCUT2D eigenvalue weighted by molar-refractivity contribution is 6.23. The average molecular weight is 485 g/mol. The van der Waals surface area contributed by atoms with Crippen molar-refractivity contribution >= 4 is 35.1 Å². The largest absolute Gasteiger partial charge is 0.462 e. The molecule has 4 aliphatic carbocycles. The van der Waals surface area contributed by atoms with Crippen molar-refractivity contribution in [2.75, 3.05) is 16.8 Å². The average Bonchev–Trinajstić information content (AvgIpc) is 3.67. The van der Waals surface area contributed by atoms with Gasteiger partial charge in [-0.05, 0) is 79.0 Å². The molecule has 0 radical (unpaired) electrons. The molecule has 3 amide bonds. The van der Waals surface area contributed by atoms with E-state index >= 15 is 0 Å². The zero-order chi connectivity index (χ0) is 25.0. The number of anilines is 2. The number of ether oxygens (including phenoxy) is 1. The number of nitrogens with one attached hydrogen (secondary N) is 1. The van der Waals surface area contributed by atoms with Gasteiger partial charge < -0.3 is 10.1 Å². The van der Waals surface area contributed by atoms with Crippen molar-refractivity contribution in [1.29, 1.82) is 0 Å². The summed E-state index contributed by atoms with van der Waals surface area (Å²) in [6.45, 7) is 2.41. The molecular formula is C29H28N2O5. The minimum absolute atomic E-state index is 0.145. The molecule has 0 aromatic heterocycles. The van der Waals surface area contributed by atoms with E-state index in [2.05, 4.69) is 17.5 Å². The van der Waals surface area contributed by atoms with E-state index in [-0.39, 0.29) is 41.4 Å². The second-order valence-corrected chi connectivity index (χ2v) is 10.2. The molecule has 7 heteroatoms. The predicted molar refractivity (Wildman–Crippen MR) is 133 cm³/mol. The van der Waals surface area contributed by atoms with Crippen molar-refractivity contribution in [2.45, 2.75) is 26.2 Å². The number of carbonyl (C=O) groups is 4. The summed E-state index contributed by atoms with van der Waals surface area (Å²) in [5.41, 5.74) is 1.72. The van der Waals surface area contributed by atoms with Gasteiger partial charge in [0.15, 0.2) is 0 Å². The van der Waals surface area contributed by atoms with Gasteiger partial charge in [0.2, 0.25) is 11.8 Å². The number of rotatable bonds is 7. The summed E-state index contributed by atoms with van der Waals surface area (Å²) in [4.78, 5) is 53.1. The number of imide groups is 1. The zero-order valence-corrected chi connectivity index (χ0v) is 20.1. The summed E-state index contributed by atoms with van der Waals surface area (Å²) in [5.74, 6) is -0.205. The van der Waals surface area contributed by atoms with Crippen molar-refractivity contribution < 1.29 is 23.9 Å². The number of nitrogens with zero attached hydrogens (tertiary/aromatic N) is 1. The summed E-state index contributed by atoms with van der Waals surface area (Å²) in [5, 5.41) is 2.81. The van der Waals surface area contributed by atoms with E-state index in [1.54, 1.807) is 48.5 Å². The molecule has 7 rings (SSSR count). The molecule has 6 atom stereocenters. The van der Waals surface area contributed by atoms with Crippen LogP contribution in [0.2, 0.25) is 0 Å². The minimum Gasteiger partial charge on any atom is -0.462 e. The normalized spacial score (nSPS) is 29.1. The third-order valence-corrected chi connectivity index (χ3v) is 8.14. The van der Waals surface area contributed by atoms with E-state index < -0.39 is 5.97 Å². The highest BCUT2D eigenvalue weighted by Gasteiger charge is 2.67. The topological polar surface area (TPSA) is 92.8 Å². The summed E-state index contributed by atoms with van der Waals surface area (Å²) in [6, 6.07) is 13.1. The molecule has 0 unspecified atom stereocenters. The van der Waals surface area contributed by atoms with Crippen LogP contribution in [0, 0.1) is 35.5 Å². The van der Waals surface area contributed by atoms with Gasteiger partial charge in [-0.3, -0.25) is 14.4 Å². The maximum atomic E-state index is 13.4. The fourth-order valence-electron chi connectivity index (χ4n) is 6.28. The molecule has 3 fully saturated rings. The SMILES string of the molecule is CCCCOC(=O)c1ccc(NC(=O)c2cccc(N3C(=O)[C@@H]4[C@H]5C=C[C@@H]([C@@H]6C[C@H]56)[C@@H]4C3=O)c2)cc1. The zero-order valence-electron chi connectivity index (χ0n) is 20.1. The molecule has 2 saturated carbocycles. The van der Waals surface area contributed by atoms with Crippen LogP contribution in [-0.2, 0) is 14.3 Å². The number of carbonyl (C=O) groups excluding carboxylic acids is 4. The standard InChI is InChI=1S/C29H28N2O5/c1-2-3-13-36-29(35)16-7-9-18(10-8-16)30-26(32)17-5-4-6-19(14-17)31-27(33)24-20-11-12-21(23-15-22(20)23)25(24)28(31)34/h4-12,14,20-25H,2-3,13,15H2,1H3,(H,30,32)/t20-,21-,22-,23+,24-,25+/m0/s1. The van der Waals surface area contributed by atoms with Crippen LogP contribution in [0.1, 0.15) is 46.9 Å². The van der Waals surface area contributed by atoms with Crippen LogP contribution in [0.5, 0.6) is 0 Å². The number of benzene rings is 2. The summed E-state index contributed by atoms with van der Waals surface area (Å²) >= 11 is 0. The molecule has 2 bridgehead atoms. The van der Waals surface area contributed by atoms with Crippen LogP contribution < -0.4 is 10.2 Å². The second-order valence-electron chi connectivity index (χ2n) is 10.2. The third kappa shape index (κ3) is 3.65. The van der Waals surface area contributed by atoms with Crippen LogP contribution >= 0.6 is 0 Å². The van der Waals surface area contributed by atoms with Gasteiger partial charge in [0.05, 0.1) is 29.7 Å². The van der Waals surface area contributed by atoms with Gasteiger partial charge in [-0.2, -0.15) is 0 Å². The van der Waals surface area contributed by atoms with Crippen molar-refractivity contribution in [2.24, 2.45) is 35.5 Å². The molecule has 7 nitrogen and oxygen atoms in total. The lowest BCUT2D eigenvalue weighted by Crippen LogP contribution is -2.40. The van der Waals surface area contributed by atoms with Gasteiger partial charge >= 0.3 is 5.97 Å². The van der Waals surface area contributed by atoms with Crippen LogP contribution in [-0.4, -0.2) is 30.3 Å². The third-order valence-electron chi connectivity index (χ3n) is 8.14. The van der Waals surface area contributed by atoms with Crippen molar-refractivity contribution in [3.8, 4) is 0 Å². The Morgan fingerprint density at radius 2 is 1.61 bits per heavy atom. The minimum atomic E-state index is -0.393. The quantitative estimate of drug-likeness (QED) is 0.271. The molecule has 0 spiro atoms. The number of amides is 3. The van der Waals surface area contributed by atoms with Crippen LogP contribution in [0.25, 0.3) is 0 Å². The van der Waals surface area contributed by atoms with Crippen LogP contribution in [0.4, 0.5) is 11.4 Å². The first-order valence-electron chi connectivity index (χ1n) is 12.7. The molecular weight excluding hydrogens is 456 g/mol. The molecule has 1 aliphatic heterocycles. The predicted octanol–water partition coefficient (Wildman–Crippen LogP) is 4.45. The number of hydrogen-bond donors (Lipinski definition) is 1. The number of esters is 1. The fourth-order valence-corrected chi connectivity index (χ4v) is 6.28. The highest BCUT2D eigenvalue weighted by atomic mass is 16.5. The van der Waals surface area contributed by atoms with E-state index in [1.807, 2.05) is 6.92 Å². The first-order valence-corrected chi connectivity index (χ1v) is 12.7. The molecule has 1 saturated heterocycles. The van der Waals surface area contributed by atoms with Crippen molar-refractivity contribution in [3.63, 3.8) is 0 Å². The van der Waals surface area contributed by atoms with E-state index in [4.69, 9.17) is 4.74 Å². The maximum absolute atomic E-state index is 13.4. The van der Waals surface area contributed by atoms with Gasteiger partial charge in [0.25, 0.3) is 5.91 Å². The number of allylic oxidation sites excluding steroid dienone is 2. The van der Waals surface area contributed by atoms with E-state index in [1.165, 1.54) is 4.90 Å². The second kappa shape index (κ2) is 8.73. The van der Waals surface area contributed by atoms with Crippen molar-refractivity contribution in [3.05, 3.63) is 71.8 Å². The first kappa shape index (κ1) is 22.7. The maximum Gasteiger partial charge on any atom is 0.338 e. The lowest BCUT2D eigenvalue weighted by atomic mass is 9.63. The Hall–Kier alpha value is -3.74. The Balaban J connectivity index is 1.15. The summed E-state index contributed by atoms with van der Waals surface area (Å²) in [6.07, 6.45) is 7.17. The molecule has 2 aromatic carbocycles. The van der Waals surface area contributed by atoms with Gasteiger partial charge in [-0.1, -0.05) is 31.6 Å². The van der Waals surface area contributed by atoms with Crippen LogP contribution in [0.15, 0.2) is 60.7 Å². The Bertz CT molecular complexity index is 1250. The molecule has 1 N–H and O–H groups in total. The molecule has 1 heterocycles. The van der Waals surface area contributed by atoms with Gasteiger partial charge in [0.1, 0.15) is 0 Å². The molecule has 5 aliphatic rings. The Labute approximate surface area is 209 Å². The smallest absolute Gasteiger partial charge is 0.338 e. The van der Waals surface area contributed by atoms with E-state index in [0.717, 1.165) is 19.3 Å². The van der Waals surface area contributed by atoms with E-state index in [0.29, 0.717) is 40.9 Å². The monoisotopic (exact) mass is 484 g/mol. The molecule has 36 heavy (non-hydrogen) atoms. The molecule has 184 valence electrons. The Kier molecular flexibility index (Phi) is 5.51. The Morgan fingerprint density at radius 3 is 2.25 bits per heavy atom. The summed E-state index contributed by atoms with van der Waals surface area (Å²) in [7, 11) is 0. The van der Waals surface area contributed by atoms with Gasteiger partial charge in [0, 0.05) is 11.3 Å². The fraction of sp³-hybridized carbons (Fsp3) is 0.379. The molecule has 2 aromatic rings. The van der Waals surface area contributed by atoms with Crippen LogP contribution in [0.3, 0.4) is 0 Å². The van der Waals surface area contributed by atoms with Gasteiger partial charge in [-0.15, -0.1) is 0 Å². The number of unbranched alkanes of at least 4 members (excludes halogenated alkanes) is 1. The van der Waals surface area contributed by atoms with E-state index in [9.17, 15) is 19.2 Å². The number of hydrogen-bond acceptors (Lipinski definition) is 5. The first-order chi connectivity index (χ1) is 17.5. The lowest BCUT2D eigenvalue weighted by Gasteiger charge is -2.37. The van der Waals surface area contributed by atoms with Gasteiger partial charge in [-0.25, -0.2) is 9.69 Å². The van der Waals surface area contributed by atoms with Crippen molar-refractivity contribution in [1.82, 2.24) is 0 Å². The lowest BCUT2D eigenvalue weighted by molar-refractivity contribution is -0.124.